The second-order valence-corrected chi connectivity index (χ2v) is 10.6. The van der Waals surface area contributed by atoms with Crippen LogP contribution in [0.15, 0.2) is 30.3 Å². The Hall–Kier alpha value is -2.22. The number of hydrogen-bond donors (Lipinski definition) is 3. The second kappa shape index (κ2) is 10.1. The van der Waals surface area contributed by atoms with Crippen LogP contribution in [0.2, 0.25) is 0 Å². The molecule has 1 atom stereocenters. The molecule has 8 heteroatoms. The van der Waals surface area contributed by atoms with Crippen molar-refractivity contribution in [1.82, 2.24) is 16.2 Å². The van der Waals surface area contributed by atoms with Crippen molar-refractivity contribution >= 4 is 29.5 Å². The van der Waals surface area contributed by atoms with E-state index < -0.39 is 11.9 Å². The van der Waals surface area contributed by atoms with Crippen molar-refractivity contribution in [2.75, 3.05) is 18.6 Å². The Labute approximate surface area is 193 Å². The van der Waals surface area contributed by atoms with Crippen LogP contribution < -0.4 is 20.9 Å². The summed E-state index contributed by atoms with van der Waals surface area (Å²) in [5, 5.41) is 2.74. The zero-order chi connectivity index (χ0) is 22.6. The van der Waals surface area contributed by atoms with Crippen molar-refractivity contribution in [3.8, 4) is 5.75 Å². The van der Waals surface area contributed by atoms with Crippen LogP contribution in [-0.2, 0) is 14.4 Å². The quantitative estimate of drug-likeness (QED) is 0.494. The Balaban J connectivity index is 1.28. The standard InChI is InChI=1S/C24H33N3O4S/c1-32-8-7-20(25-21(28)15-31-19-5-3-2-4-6-19)22(29)26-27-23(30)24-12-16-9-17(13-24)11-18(10-16)14-24/h2-6,16-18,20H,7-15H2,1H3,(H,25,28)(H,26,29)(H,27,30)/t16?,17?,18?,20-,24?/m0/s1. The minimum atomic E-state index is -0.731. The summed E-state index contributed by atoms with van der Waals surface area (Å²) in [5.74, 6) is 2.43. The molecule has 5 rings (SSSR count). The number of nitrogens with one attached hydrogen (secondary N) is 3. The Morgan fingerprint density at radius 2 is 1.66 bits per heavy atom. The lowest BCUT2D eigenvalue weighted by Crippen LogP contribution is -2.59. The zero-order valence-corrected chi connectivity index (χ0v) is 19.4. The first-order chi connectivity index (χ1) is 15.5. The molecule has 0 unspecified atom stereocenters. The van der Waals surface area contributed by atoms with Crippen LogP contribution in [-0.4, -0.2) is 42.4 Å². The molecule has 3 N–H and O–H groups in total. The maximum atomic E-state index is 13.1. The van der Waals surface area contributed by atoms with Crippen LogP contribution in [0.4, 0.5) is 0 Å². The highest BCUT2D eigenvalue weighted by molar-refractivity contribution is 7.98. The van der Waals surface area contributed by atoms with E-state index in [4.69, 9.17) is 4.74 Å². The number of thioether (sulfide) groups is 1. The van der Waals surface area contributed by atoms with Crippen molar-refractivity contribution in [3.05, 3.63) is 30.3 Å². The van der Waals surface area contributed by atoms with Gasteiger partial charge in [-0.15, -0.1) is 0 Å². The molecule has 4 aliphatic rings. The fraction of sp³-hybridized carbons (Fsp3) is 0.625. The van der Waals surface area contributed by atoms with Gasteiger partial charge in [-0.1, -0.05) is 18.2 Å². The number of carbonyl (C=O) groups excluding carboxylic acids is 3. The first-order valence-electron chi connectivity index (χ1n) is 11.5. The molecule has 0 aliphatic heterocycles. The van der Waals surface area contributed by atoms with E-state index in [1.54, 1.807) is 23.9 Å². The van der Waals surface area contributed by atoms with Gasteiger partial charge in [0.1, 0.15) is 11.8 Å². The summed E-state index contributed by atoms with van der Waals surface area (Å²) in [6.07, 6.45) is 8.99. The molecule has 4 saturated carbocycles. The first kappa shape index (κ1) is 23.0. The van der Waals surface area contributed by atoms with E-state index >= 15 is 0 Å². The molecule has 0 saturated heterocycles. The summed E-state index contributed by atoms with van der Waals surface area (Å²) in [4.78, 5) is 38.2. The van der Waals surface area contributed by atoms with Gasteiger partial charge < -0.3 is 10.1 Å². The average molecular weight is 460 g/mol. The molecule has 7 nitrogen and oxygen atoms in total. The molecule has 1 aromatic carbocycles. The van der Waals surface area contributed by atoms with E-state index in [9.17, 15) is 14.4 Å². The van der Waals surface area contributed by atoms with Crippen LogP contribution in [0.5, 0.6) is 5.75 Å². The number of carbonyl (C=O) groups is 3. The maximum Gasteiger partial charge on any atom is 0.260 e. The SMILES string of the molecule is CSCC[C@H](NC(=O)COc1ccccc1)C(=O)NNC(=O)C12CC3CC(CC(C3)C1)C2. The fourth-order valence-electron chi connectivity index (χ4n) is 6.13. The van der Waals surface area contributed by atoms with Gasteiger partial charge in [-0.25, -0.2) is 0 Å². The molecule has 3 amide bonds. The number of ether oxygens (including phenoxy) is 1. The lowest BCUT2D eigenvalue weighted by Gasteiger charge is -2.55. The number of hydrogen-bond acceptors (Lipinski definition) is 5. The van der Waals surface area contributed by atoms with E-state index in [-0.39, 0.29) is 23.8 Å². The summed E-state index contributed by atoms with van der Waals surface area (Å²) in [6, 6.07) is 8.33. The molecule has 0 aromatic heterocycles. The number of benzene rings is 1. The van der Waals surface area contributed by atoms with Gasteiger partial charge in [-0.2, -0.15) is 11.8 Å². The van der Waals surface area contributed by atoms with E-state index in [0.717, 1.165) is 19.3 Å². The van der Waals surface area contributed by atoms with Crippen LogP contribution in [0, 0.1) is 23.2 Å². The monoisotopic (exact) mass is 459 g/mol. The van der Waals surface area contributed by atoms with Crippen molar-refractivity contribution in [2.24, 2.45) is 23.2 Å². The molecule has 4 bridgehead atoms. The summed E-state index contributed by atoms with van der Waals surface area (Å²) >= 11 is 1.60. The van der Waals surface area contributed by atoms with Gasteiger partial charge in [0.15, 0.2) is 6.61 Å². The Bertz CT molecular complexity index is 797. The zero-order valence-electron chi connectivity index (χ0n) is 18.6. The highest BCUT2D eigenvalue weighted by atomic mass is 32.2. The molecule has 0 spiro atoms. The number of hydrazine groups is 1. The summed E-state index contributed by atoms with van der Waals surface area (Å²) in [5.41, 5.74) is 4.96. The van der Waals surface area contributed by atoms with E-state index in [2.05, 4.69) is 16.2 Å². The fourth-order valence-corrected chi connectivity index (χ4v) is 6.60. The predicted molar refractivity (Wildman–Crippen MR) is 124 cm³/mol. The van der Waals surface area contributed by atoms with Crippen molar-refractivity contribution in [2.45, 2.75) is 51.0 Å². The van der Waals surface area contributed by atoms with Gasteiger partial charge in [0, 0.05) is 0 Å². The molecular formula is C24H33N3O4S. The molecule has 32 heavy (non-hydrogen) atoms. The molecule has 1 aromatic rings. The Morgan fingerprint density at radius 3 is 2.25 bits per heavy atom. The second-order valence-electron chi connectivity index (χ2n) is 9.64. The van der Waals surface area contributed by atoms with Crippen LogP contribution in [0.1, 0.15) is 44.9 Å². The normalized spacial score (nSPS) is 28.6. The topological polar surface area (TPSA) is 96.5 Å². The van der Waals surface area contributed by atoms with Gasteiger partial charge in [-0.3, -0.25) is 25.2 Å². The summed E-state index contributed by atoms with van der Waals surface area (Å²) in [6.45, 7) is -0.174. The molecule has 0 radical (unpaired) electrons. The summed E-state index contributed by atoms with van der Waals surface area (Å²) < 4.78 is 5.47. The third-order valence-electron chi connectivity index (χ3n) is 7.19. The first-order valence-corrected chi connectivity index (χ1v) is 12.9. The average Bonchev–Trinajstić information content (AvgIpc) is 2.78. The highest BCUT2D eigenvalue weighted by Gasteiger charge is 2.54. The van der Waals surface area contributed by atoms with Gasteiger partial charge in [-0.05, 0) is 86.8 Å². The Kier molecular flexibility index (Phi) is 7.28. The van der Waals surface area contributed by atoms with E-state index in [1.807, 2.05) is 24.5 Å². The lowest BCUT2D eigenvalue weighted by atomic mass is 9.49. The van der Waals surface area contributed by atoms with Crippen molar-refractivity contribution < 1.29 is 19.1 Å². The molecule has 4 fully saturated rings. The molecule has 174 valence electrons. The van der Waals surface area contributed by atoms with Gasteiger partial charge in [0.05, 0.1) is 5.41 Å². The smallest absolute Gasteiger partial charge is 0.260 e. The van der Waals surface area contributed by atoms with Crippen LogP contribution in [0.25, 0.3) is 0 Å². The van der Waals surface area contributed by atoms with Crippen molar-refractivity contribution in [3.63, 3.8) is 0 Å². The number of amides is 3. The van der Waals surface area contributed by atoms with Gasteiger partial charge in [0.2, 0.25) is 5.91 Å². The molecule has 0 heterocycles. The minimum Gasteiger partial charge on any atom is -0.484 e. The third kappa shape index (κ3) is 5.39. The number of para-hydroxylation sites is 1. The minimum absolute atomic E-state index is 0.0627. The Morgan fingerprint density at radius 1 is 1.03 bits per heavy atom. The lowest BCUT2D eigenvalue weighted by molar-refractivity contribution is -0.149. The predicted octanol–water partition coefficient (Wildman–Crippen LogP) is 2.67. The van der Waals surface area contributed by atoms with Crippen LogP contribution in [0.3, 0.4) is 0 Å². The van der Waals surface area contributed by atoms with E-state index in [0.29, 0.717) is 35.7 Å². The van der Waals surface area contributed by atoms with E-state index in [1.165, 1.54) is 19.3 Å². The summed E-state index contributed by atoms with van der Waals surface area (Å²) in [7, 11) is 0. The third-order valence-corrected chi connectivity index (χ3v) is 7.84. The van der Waals surface area contributed by atoms with Gasteiger partial charge >= 0.3 is 0 Å². The van der Waals surface area contributed by atoms with Crippen molar-refractivity contribution in [1.29, 1.82) is 0 Å². The largest absolute Gasteiger partial charge is 0.484 e. The van der Waals surface area contributed by atoms with Crippen LogP contribution >= 0.6 is 11.8 Å². The molecule has 4 aliphatic carbocycles. The van der Waals surface area contributed by atoms with Gasteiger partial charge in [0.25, 0.3) is 11.8 Å². The number of rotatable bonds is 9. The highest BCUT2D eigenvalue weighted by Crippen LogP contribution is 2.60. The molecular weight excluding hydrogens is 426 g/mol. The maximum absolute atomic E-state index is 13.1.